The van der Waals surface area contributed by atoms with Gasteiger partial charge < -0.3 is 15.4 Å². The fourth-order valence-electron chi connectivity index (χ4n) is 2.94. The van der Waals surface area contributed by atoms with Crippen molar-refractivity contribution in [1.82, 2.24) is 19.6 Å². The lowest BCUT2D eigenvalue weighted by Gasteiger charge is -2.13. The van der Waals surface area contributed by atoms with E-state index in [2.05, 4.69) is 20.8 Å². The molecule has 156 valence electrons. The summed E-state index contributed by atoms with van der Waals surface area (Å²) in [5, 5.41) is 13.9. The van der Waals surface area contributed by atoms with Gasteiger partial charge in [0.05, 0.1) is 18.5 Å². The second-order valence-electron chi connectivity index (χ2n) is 6.67. The van der Waals surface area contributed by atoms with Gasteiger partial charge in [-0.05, 0) is 44.2 Å². The van der Waals surface area contributed by atoms with Crippen molar-refractivity contribution in [3.05, 3.63) is 58.1 Å². The van der Waals surface area contributed by atoms with Crippen LogP contribution < -0.4 is 20.9 Å². The maximum atomic E-state index is 12.6. The van der Waals surface area contributed by atoms with E-state index in [-0.39, 0.29) is 12.5 Å². The van der Waals surface area contributed by atoms with Crippen LogP contribution in [0.3, 0.4) is 0 Å². The third-order valence-corrected chi connectivity index (χ3v) is 4.17. The number of amides is 2. The van der Waals surface area contributed by atoms with Gasteiger partial charge in [-0.25, -0.2) is 9.36 Å². The van der Waals surface area contributed by atoms with Crippen molar-refractivity contribution in [2.75, 3.05) is 17.7 Å². The van der Waals surface area contributed by atoms with Crippen LogP contribution in [-0.2, 0) is 16.1 Å². The number of anilines is 2. The Morgan fingerprint density at radius 2 is 1.83 bits per heavy atom. The molecule has 3 rings (SSSR count). The van der Waals surface area contributed by atoms with Crippen LogP contribution in [-0.4, -0.2) is 38.5 Å². The molecular weight excluding hydrogens is 388 g/mol. The minimum Gasteiger partial charge on any atom is -0.495 e. The lowest BCUT2D eigenvalue weighted by molar-refractivity contribution is -0.117. The van der Waals surface area contributed by atoms with Gasteiger partial charge in [-0.1, -0.05) is 0 Å². The molecule has 10 heteroatoms. The third kappa shape index (κ3) is 4.72. The average molecular weight is 410 g/mol. The molecule has 30 heavy (non-hydrogen) atoms. The molecule has 10 nitrogen and oxygen atoms in total. The Morgan fingerprint density at radius 1 is 1.07 bits per heavy atom. The zero-order chi connectivity index (χ0) is 21.8. The molecule has 0 radical (unpaired) electrons. The van der Waals surface area contributed by atoms with Gasteiger partial charge in [0.15, 0.2) is 5.82 Å². The van der Waals surface area contributed by atoms with E-state index >= 15 is 0 Å². The minimum atomic E-state index is -0.478. The normalized spacial score (nSPS) is 10.5. The molecule has 2 aromatic heterocycles. The van der Waals surface area contributed by atoms with Crippen molar-refractivity contribution in [2.45, 2.75) is 27.3 Å². The number of carbonyl (C=O) groups excluding carboxylic acids is 2. The molecule has 1 aromatic carbocycles. The lowest BCUT2D eigenvalue weighted by atomic mass is 10.2. The van der Waals surface area contributed by atoms with Crippen LogP contribution in [0.5, 0.6) is 5.75 Å². The average Bonchev–Trinajstić information content (AvgIpc) is 3.01. The topological polar surface area (TPSA) is 120 Å². The molecule has 0 aliphatic rings. The Labute approximate surface area is 172 Å². The standard InChI is InChI=1S/C20H22N6O4/c1-12-9-13(2)26(23-12)18-7-8-20(29)25(24-18)11-19(28)22-16-10-15(21-14(3)27)5-6-17(16)30-4/h5-10H,11H2,1-4H3,(H,21,27)(H,22,28). The summed E-state index contributed by atoms with van der Waals surface area (Å²) in [4.78, 5) is 36.0. The molecule has 0 spiro atoms. The Kier molecular flexibility index (Phi) is 5.95. The summed E-state index contributed by atoms with van der Waals surface area (Å²) in [6.07, 6.45) is 0. The highest BCUT2D eigenvalue weighted by Crippen LogP contribution is 2.27. The van der Waals surface area contributed by atoms with Crippen LogP contribution in [0.15, 0.2) is 41.2 Å². The Hall–Kier alpha value is -3.95. The van der Waals surface area contributed by atoms with Gasteiger partial charge in [0, 0.05) is 24.4 Å². The number of nitrogens with one attached hydrogen (secondary N) is 2. The first-order chi connectivity index (χ1) is 14.3. The van der Waals surface area contributed by atoms with Crippen LogP contribution in [0, 0.1) is 13.8 Å². The molecule has 0 aliphatic carbocycles. The number of aryl methyl sites for hydroxylation is 2. The van der Waals surface area contributed by atoms with E-state index in [1.54, 1.807) is 28.9 Å². The number of carbonyl (C=O) groups is 2. The second-order valence-corrected chi connectivity index (χ2v) is 6.67. The van der Waals surface area contributed by atoms with Crippen molar-refractivity contribution < 1.29 is 14.3 Å². The molecule has 0 saturated heterocycles. The van der Waals surface area contributed by atoms with E-state index in [0.717, 1.165) is 16.1 Å². The number of methoxy groups -OCH3 is 1. The number of ether oxygens (including phenoxy) is 1. The van der Waals surface area contributed by atoms with Gasteiger partial charge in [0.2, 0.25) is 11.8 Å². The Bertz CT molecular complexity index is 1160. The first kappa shape index (κ1) is 20.8. The number of hydrogen-bond acceptors (Lipinski definition) is 6. The fraction of sp³-hybridized carbons (Fsp3) is 0.250. The van der Waals surface area contributed by atoms with E-state index in [1.807, 2.05) is 19.9 Å². The minimum absolute atomic E-state index is 0.242. The number of hydrogen-bond donors (Lipinski definition) is 2. The van der Waals surface area contributed by atoms with Gasteiger partial charge in [-0.2, -0.15) is 5.10 Å². The monoisotopic (exact) mass is 410 g/mol. The summed E-state index contributed by atoms with van der Waals surface area (Å²) in [6, 6.07) is 9.62. The first-order valence-corrected chi connectivity index (χ1v) is 9.14. The summed E-state index contributed by atoms with van der Waals surface area (Å²) in [5.41, 5.74) is 2.11. The maximum absolute atomic E-state index is 12.6. The molecule has 0 bridgehead atoms. The molecule has 0 saturated carbocycles. The van der Waals surface area contributed by atoms with E-state index < -0.39 is 11.5 Å². The highest BCUT2D eigenvalue weighted by atomic mass is 16.5. The SMILES string of the molecule is COc1ccc(NC(C)=O)cc1NC(=O)Cn1nc(-n2nc(C)cc2C)ccc1=O. The largest absolute Gasteiger partial charge is 0.495 e. The third-order valence-electron chi connectivity index (χ3n) is 4.17. The fourth-order valence-corrected chi connectivity index (χ4v) is 2.94. The molecule has 2 heterocycles. The zero-order valence-electron chi connectivity index (χ0n) is 17.1. The van der Waals surface area contributed by atoms with Crippen molar-refractivity contribution >= 4 is 23.2 Å². The molecular formula is C20H22N6O4. The number of benzene rings is 1. The molecule has 2 amide bonds. The van der Waals surface area contributed by atoms with Crippen LogP contribution in [0.25, 0.3) is 5.82 Å². The first-order valence-electron chi connectivity index (χ1n) is 9.14. The summed E-state index contributed by atoms with van der Waals surface area (Å²) in [6.45, 7) is 4.81. The van der Waals surface area contributed by atoms with E-state index in [4.69, 9.17) is 4.74 Å². The highest BCUT2D eigenvalue weighted by molar-refractivity contribution is 5.94. The van der Waals surface area contributed by atoms with E-state index in [0.29, 0.717) is 22.9 Å². The van der Waals surface area contributed by atoms with Gasteiger partial charge in [0.1, 0.15) is 12.3 Å². The predicted octanol–water partition coefficient (Wildman–Crippen LogP) is 1.65. The van der Waals surface area contributed by atoms with Crippen molar-refractivity contribution in [3.8, 4) is 11.6 Å². The molecule has 0 fully saturated rings. The van der Waals surface area contributed by atoms with Crippen LogP contribution >= 0.6 is 0 Å². The number of nitrogens with zero attached hydrogens (tertiary/aromatic N) is 4. The molecule has 0 atom stereocenters. The Morgan fingerprint density at radius 3 is 2.47 bits per heavy atom. The van der Waals surface area contributed by atoms with Gasteiger partial charge in [-0.3, -0.25) is 14.4 Å². The quantitative estimate of drug-likeness (QED) is 0.638. The van der Waals surface area contributed by atoms with Crippen molar-refractivity contribution in [3.63, 3.8) is 0 Å². The molecule has 0 unspecified atom stereocenters. The summed E-state index contributed by atoms with van der Waals surface area (Å²) in [7, 11) is 1.47. The zero-order valence-corrected chi connectivity index (χ0v) is 17.1. The van der Waals surface area contributed by atoms with Crippen LogP contribution in [0.4, 0.5) is 11.4 Å². The summed E-state index contributed by atoms with van der Waals surface area (Å²) >= 11 is 0. The molecule has 3 aromatic rings. The molecule has 2 N–H and O–H groups in total. The van der Waals surface area contributed by atoms with E-state index in [9.17, 15) is 14.4 Å². The predicted molar refractivity (Wildman–Crippen MR) is 111 cm³/mol. The van der Waals surface area contributed by atoms with Crippen LogP contribution in [0.1, 0.15) is 18.3 Å². The smallest absolute Gasteiger partial charge is 0.267 e. The van der Waals surface area contributed by atoms with Gasteiger partial charge in [-0.15, -0.1) is 5.10 Å². The van der Waals surface area contributed by atoms with Crippen molar-refractivity contribution in [2.24, 2.45) is 0 Å². The number of rotatable bonds is 6. The maximum Gasteiger partial charge on any atom is 0.267 e. The number of aromatic nitrogens is 4. The van der Waals surface area contributed by atoms with Gasteiger partial charge in [0.25, 0.3) is 5.56 Å². The highest BCUT2D eigenvalue weighted by Gasteiger charge is 2.13. The van der Waals surface area contributed by atoms with Gasteiger partial charge >= 0.3 is 0 Å². The Balaban J connectivity index is 1.83. The van der Waals surface area contributed by atoms with E-state index in [1.165, 1.54) is 20.1 Å². The van der Waals surface area contributed by atoms with Crippen LogP contribution in [0.2, 0.25) is 0 Å². The summed E-state index contributed by atoms with van der Waals surface area (Å²) in [5.74, 6) is 0.120. The lowest BCUT2D eigenvalue weighted by Crippen LogP contribution is -2.30. The van der Waals surface area contributed by atoms with Crippen molar-refractivity contribution in [1.29, 1.82) is 0 Å². The second kappa shape index (κ2) is 8.60. The molecule has 0 aliphatic heterocycles. The summed E-state index contributed by atoms with van der Waals surface area (Å²) < 4.78 is 7.91.